The number of carboxylic acids is 1. The van der Waals surface area contributed by atoms with E-state index in [4.69, 9.17) is 31.0 Å². The summed E-state index contributed by atoms with van der Waals surface area (Å²) in [5, 5.41) is 25.9. The number of oxime groups is 1. The second-order valence-electron chi connectivity index (χ2n) is 10.7. The lowest BCUT2D eigenvalue weighted by Gasteiger charge is -2.50. The number of nitrogens with two attached hydrogens (primary N) is 2. The average Bonchev–Trinajstić information content (AvgIpc) is 3.56. The molecular weight excluding hydrogens is 662 g/mol. The third kappa shape index (κ3) is 7.94. The number of hydroxylamine groups is 2. The van der Waals surface area contributed by atoms with E-state index >= 15 is 0 Å². The van der Waals surface area contributed by atoms with Crippen molar-refractivity contribution in [1.29, 1.82) is 5.41 Å². The lowest BCUT2D eigenvalue weighted by molar-refractivity contribution is -0.218. The van der Waals surface area contributed by atoms with Gasteiger partial charge in [-0.15, -0.1) is 15.6 Å². The highest BCUT2D eigenvalue weighted by molar-refractivity contribution is 7.80. The fraction of sp³-hybridized carbons (Fsp3) is 0.385. The van der Waals surface area contributed by atoms with Crippen molar-refractivity contribution < 1.29 is 46.3 Å². The minimum Gasteiger partial charge on any atom is -0.489 e. The number of carbonyl (C=O) groups excluding carboxylic acids is 2. The molecule has 2 amide bonds. The predicted octanol–water partition coefficient (Wildman–Crippen LogP) is -0.547. The van der Waals surface area contributed by atoms with Crippen LogP contribution >= 0.6 is 11.3 Å². The SMILES string of the molecule is Cn1c(-c2ccc(OCC(O/N=C(\C(=O)N[C@@H]3C(=O)N(OS(=O)(=O)O)C3(C)C)c3csc(N)n3)C(=O)O)cc2)cn(CCCN)c1=N. The summed E-state index contributed by atoms with van der Waals surface area (Å²) in [5.41, 5.74) is 11.1. The number of rotatable bonds is 15. The summed E-state index contributed by atoms with van der Waals surface area (Å²) in [7, 11) is -3.26. The number of nitrogen functional groups attached to an aromatic ring is 1. The van der Waals surface area contributed by atoms with Crippen molar-refractivity contribution >= 4 is 50.4 Å². The van der Waals surface area contributed by atoms with Crippen LogP contribution in [0.15, 0.2) is 41.0 Å². The number of carbonyl (C=O) groups is 3. The fourth-order valence-corrected chi connectivity index (χ4v) is 5.48. The van der Waals surface area contributed by atoms with Gasteiger partial charge < -0.3 is 40.6 Å². The second-order valence-corrected chi connectivity index (χ2v) is 12.6. The number of aromatic nitrogens is 3. The van der Waals surface area contributed by atoms with Crippen molar-refractivity contribution in [2.24, 2.45) is 17.9 Å². The second kappa shape index (κ2) is 13.9. The first-order valence-corrected chi connectivity index (χ1v) is 16.0. The molecule has 19 nitrogen and oxygen atoms in total. The van der Waals surface area contributed by atoms with Crippen molar-refractivity contribution in [3.8, 4) is 17.0 Å². The summed E-state index contributed by atoms with van der Waals surface area (Å²) in [4.78, 5) is 46.8. The number of anilines is 1. The molecule has 1 fully saturated rings. The van der Waals surface area contributed by atoms with E-state index in [0.29, 0.717) is 29.5 Å². The zero-order chi connectivity index (χ0) is 34.7. The molecule has 3 aromatic rings. The van der Waals surface area contributed by atoms with E-state index in [2.05, 4.69) is 19.7 Å². The van der Waals surface area contributed by atoms with E-state index in [9.17, 15) is 27.9 Å². The number of benzene rings is 1. The Morgan fingerprint density at radius 2 is 1.96 bits per heavy atom. The number of thiazole rings is 1. The Bertz CT molecular complexity index is 1850. The quantitative estimate of drug-likeness (QED) is 0.0505. The number of imidazole rings is 1. The maximum atomic E-state index is 13.2. The van der Waals surface area contributed by atoms with Crippen LogP contribution < -0.4 is 27.1 Å². The van der Waals surface area contributed by atoms with Gasteiger partial charge in [0.25, 0.3) is 17.9 Å². The lowest BCUT2D eigenvalue weighted by Crippen LogP contribution is -2.76. The molecule has 47 heavy (non-hydrogen) atoms. The van der Waals surface area contributed by atoms with Crippen molar-refractivity contribution in [3.05, 3.63) is 47.2 Å². The van der Waals surface area contributed by atoms with Gasteiger partial charge in [0.05, 0.1) is 11.2 Å². The van der Waals surface area contributed by atoms with Crippen LogP contribution in [0.2, 0.25) is 0 Å². The first kappa shape index (κ1) is 35.0. The molecule has 2 atom stereocenters. The normalized spacial score (nSPS) is 16.8. The summed E-state index contributed by atoms with van der Waals surface area (Å²) in [6.07, 6.45) is 0.865. The number of amides is 2. The lowest BCUT2D eigenvalue weighted by atomic mass is 9.84. The Hall–Kier alpha value is -4.83. The molecule has 4 rings (SSSR count). The number of carboxylic acid groups (broad SMARTS) is 1. The van der Waals surface area contributed by atoms with Gasteiger partial charge in [-0.1, -0.05) is 5.16 Å². The number of ether oxygens (including phenoxy) is 1. The molecule has 8 N–H and O–H groups in total. The van der Waals surface area contributed by atoms with Gasteiger partial charge in [-0.05, 0) is 56.6 Å². The predicted molar refractivity (Wildman–Crippen MR) is 165 cm³/mol. The van der Waals surface area contributed by atoms with E-state index in [1.807, 2.05) is 6.20 Å². The minimum atomic E-state index is -5.02. The summed E-state index contributed by atoms with van der Waals surface area (Å²) < 4.78 is 44.5. The third-order valence-electron chi connectivity index (χ3n) is 7.03. The number of nitrogens with zero attached hydrogens (tertiary/aromatic N) is 5. The first-order valence-electron chi connectivity index (χ1n) is 13.8. The topological polar surface area (TPSA) is 280 Å². The monoisotopic (exact) mass is 695 g/mol. The standard InChI is InChI=1S/C26H33N9O10S2/c1-26(2)20(22(37)35(26)45-47(40,41)42)31-21(36)19(16-13-46-24(28)30-16)32-44-18(23(38)39)12-43-15-7-5-14(6-8-15)17-11-34(10-4-9-27)25(29)33(17)3/h5-8,11,13,18,20,29H,4,9-10,12,27H2,1-3H3,(H2,28,30)(H,31,36)(H,38,39)(H,40,41,42)/b29-25?,32-19-/t18?,20-/m1/s1. The summed E-state index contributed by atoms with van der Waals surface area (Å²) >= 11 is 0.951. The molecule has 1 aliphatic rings. The van der Waals surface area contributed by atoms with E-state index in [1.165, 1.54) is 19.2 Å². The number of β-lactam (4-membered cyclic amide) rings is 1. The number of aryl methyl sites for hydroxylation is 1. The average molecular weight is 696 g/mol. The zero-order valence-corrected chi connectivity index (χ0v) is 26.9. The Balaban J connectivity index is 1.46. The van der Waals surface area contributed by atoms with Crippen molar-refractivity contribution in [1.82, 2.24) is 24.5 Å². The Kier molecular flexibility index (Phi) is 10.3. The molecule has 254 valence electrons. The Morgan fingerprint density at radius 3 is 2.51 bits per heavy atom. The maximum Gasteiger partial charge on any atom is 0.418 e. The Labute approximate surface area is 271 Å². The van der Waals surface area contributed by atoms with E-state index < -0.39 is 58.2 Å². The molecule has 0 spiro atoms. The molecule has 1 unspecified atom stereocenters. The molecule has 3 heterocycles. The van der Waals surface area contributed by atoms with Gasteiger partial charge in [0.15, 0.2) is 10.8 Å². The van der Waals surface area contributed by atoms with Gasteiger partial charge in [0, 0.05) is 25.2 Å². The van der Waals surface area contributed by atoms with Crippen molar-refractivity contribution in [2.45, 2.75) is 44.5 Å². The van der Waals surface area contributed by atoms with Crippen molar-refractivity contribution in [2.75, 3.05) is 18.9 Å². The molecular formula is C26H33N9O10S2. The molecule has 2 aromatic heterocycles. The summed E-state index contributed by atoms with van der Waals surface area (Å²) in [6.45, 7) is 3.29. The van der Waals surface area contributed by atoms with Gasteiger partial charge in [-0.2, -0.15) is 13.5 Å². The molecule has 0 bridgehead atoms. The Morgan fingerprint density at radius 1 is 1.28 bits per heavy atom. The van der Waals surface area contributed by atoms with Crippen molar-refractivity contribution in [3.63, 3.8) is 0 Å². The minimum absolute atomic E-state index is 0.0505. The van der Waals surface area contributed by atoms with Crippen LogP contribution in [0.4, 0.5) is 5.13 Å². The van der Waals surface area contributed by atoms with Crippen LogP contribution in [0.5, 0.6) is 5.75 Å². The summed E-state index contributed by atoms with van der Waals surface area (Å²) in [6, 6.07) is 5.38. The van der Waals surface area contributed by atoms with Crippen LogP contribution in [-0.2, 0) is 47.5 Å². The van der Waals surface area contributed by atoms with Crippen LogP contribution in [0.1, 0.15) is 26.0 Å². The first-order chi connectivity index (χ1) is 22.0. The third-order valence-corrected chi connectivity index (χ3v) is 8.04. The van der Waals surface area contributed by atoms with E-state index in [-0.39, 0.29) is 10.8 Å². The molecule has 0 saturated carbocycles. The zero-order valence-electron chi connectivity index (χ0n) is 25.3. The summed E-state index contributed by atoms with van der Waals surface area (Å²) in [5.74, 6) is -3.20. The van der Waals surface area contributed by atoms with Gasteiger partial charge >= 0.3 is 16.4 Å². The van der Waals surface area contributed by atoms with Crippen LogP contribution in [0.25, 0.3) is 11.3 Å². The maximum absolute atomic E-state index is 13.2. The fourth-order valence-electron chi connectivity index (χ4n) is 4.48. The van der Waals surface area contributed by atoms with Crippen LogP contribution in [0.3, 0.4) is 0 Å². The highest BCUT2D eigenvalue weighted by Gasteiger charge is 2.58. The molecule has 0 aliphatic carbocycles. The highest BCUT2D eigenvalue weighted by Crippen LogP contribution is 2.33. The highest BCUT2D eigenvalue weighted by atomic mass is 32.3. The number of nitrogens with one attached hydrogen (secondary N) is 2. The largest absolute Gasteiger partial charge is 0.489 e. The molecule has 1 aliphatic heterocycles. The number of hydrogen-bond acceptors (Lipinski definition) is 14. The van der Waals surface area contributed by atoms with Gasteiger partial charge in [0.1, 0.15) is 24.1 Å². The molecule has 21 heteroatoms. The smallest absolute Gasteiger partial charge is 0.418 e. The van der Waals surface area contributed by atoms with Crippen LogP contribution in [0, 0.1) is 5.41 Å². The van der Waals surface area contributed by atoms with Gasteiger partial charge in [0.2, 0.25) is 5.62 Å². The van der Waals surface area contributed by atoms with Crippen LogP contribution in [-0.4, -0.2) is 91.6 Å². The van der Waals surface area contributed by atoms with E-state index in [0.717, 1.165) is 29.0 Å². The number of aliphatic carboxylic acids is 1. The molecule has 1 saturated heterocycles. The van der Waals surface area contributed by atoms with Gasteiger partial charge in [-0.25, -0.2) is 9.78 Å². The number of hydrogen-bond donors (Lipinski definition) is 6. The molecule has 0 radical (unpaired) electrons. The molecule has 1 aromatic carbocycles. The van der Waals surface area contributed by atoms with Gasteiger partial charge in [-0.3, -0.25) is 19.6 Å². The van der Waals surface area contributed by atoms with E-state index in [1.54, 1.807) is 40.4 Å².